The average molecular weight is 305 g/mol. The van der Waals surface area contributed by atoms with E-state index in [0.29, 0.717) is 0 Å². The number of hydrogen-bond acceptors (Lipinski definition) is 2. The first-order valence-electron chi connectivity index (χ1n) is 5.23. The number of carbonyl (C=O) groups is 1. The van der Waals surface area contributed by atoms with Gasteiger partial charge in [0.05, 0.1) is 0 Å². The van der Waals surface area contributed by atoms with Gasteiger partial charge in [-0.3, -0.25) is 4.79 Å². The molecular formula is C14H9BrOS. The average Bonchev–Trinajstić information content (AvgIpc) is 2.62. The van der Waals surface area contributed by atoms with Crippen LogP contribution in [0.15, 0.2) is 45.8 Å². The van der Waals surface area contributed by atoms with Crippen LogP contribution in [0.5, 0.6) is 0 Å². The standard InChI is InChI=1S/C14H9BrOS/c1-17-9-3-5-10-12-6-8(15)2-4-11(12)14(16)13(10)7-9/h2-7H,1H3. The van der Waals surface area contributed by atoms with Crippen molar-refractivity contribution in [2.75, 3.05) is 6.26 Å². The summed E-state index contributed by atoms with van der Waals surface area (Å²) in [4.78, 5) is 13.4. The van der Waals surface area contributed by atoms with Crippen molar-refractivity contribution in [3.63, 3.8) is 0 Å². The van der Waals surface area contributed by atoms with Gasteiger partial charge in [-0.25, -0.2) is 0 Å². The predicted octanol–water partition coefficient (Wildman–Crippen LogP) is 4.38. The molecular weight excluding hydrogens is 296 g/mol. The van der Waals surface area contributed by atoms with Gasteiger partial charge in [-0.1, -0.05) is 22.0 Å². The molecule has 0 radical (unpaired) electrons. The minimum Gasteiger partial charge on any atom is -0.289 e. The van der Waals surface area contributed by atoms with Gasteiger partial charge in [0.2, 0.25) is 0 Å². The van der Waals surface area contributed by atoms with Crippen molar-refractivity contribution in [3.8, 4) is 11.1 Å². The Morgan fingerprint density at radius 2 is 1.71 bits per heavy atom. The van der Waals surface area contributed by atoms with Crippen molar-refractivity contribution in [3.05, 3.63) is 52.0 Å². The fourth-order valence-electron chi connectivity index (χ4n) is 2.16. The molecule has 3 rings (SSSR count). The minimum atomic E-state index is 0.137. The first-order chi connectivity index (χ1) is 8.20. The first-order valence-corrected chi connectivity index (χ1v) is 7.25. The summed E-state index contributed by atoms with van der Waals surface area (Å²) in [6.45, 7) is 0. The Hall–Kier alpha value is -1.06. The molecule has 0 unspecified atom stereocenters. The monoisotopic (exact) mass is 304 g/mol. The molecule has 0 N–H and O–H groups in total. The largest absolute Gasteiger partial charge is 0.289 e. The van der Waals surface area contributed by atoms with E-state index < -0.39 is 0 Å². The van der Waals surface area contributed by atoms with Gasteiger partial charge < -0.3 is 0 Å². The molecule has 1 aliphatic rings. The molecule has 0 saturated carbocycles. The Balaban J connectivity index is 2.28. The Morgan fingerprint density at radius 3 is 2.47 bits per heavy atom. The maximum Gasteiger partial charge on any atom is 0.194 e. The third kappa shape index (κ3) is 1.65. The molecule has 2 aromatic carbocycles. The van der Waals surface area contributed by atoms with Gasteiger partial charge in [0.25, 0.3) is 0 Å². The molecule has 0 bridgehead atoms. The molecule has 0 heterocycles. The summed E-state index contributed by atoms with van der Waals surface area (Å²) in [5.74, 6) is 0.137. The minimum absolute atomic E-state index is 0.137. The van der Waals surface area contributed by atoms with Gasteiger partial charge in [-0.2, -0.15) is 0 Å². The van der Waals surface area contributed by atoms with E-state index in [-0.39, 0.29) is 5.78 Å². The maximum atomic E-state index is 12.2. The van der Waals surface area contributed by atoms with Crippen LogP contribution >= 0.6 is 27.7 Å². The van der Waals surface area contributed by atoms with Crippen LogP contribution in [0.4, 0.5) is 0 Å². The Kier molecular flexibility index (Phi) is 2.60. The molecule has 1 nitrogen and oxygen atoms in total. The smallest absolute Gasteiger partial charge is 0.194 e. The first kappa shape index (κ1) is 11.1. The number of fused-ring (bicyclic) bond motifs is 3. The third-order valence-corrected chi connectivity index (χ3v) is 4.21. The van der Waals surface area contributed by atoms with Crippen molar-refractivity contribution >= 4 is 33.5 Å². The van der Waals surface area contributed by atoms with Crippen LogP contribution in [0.1, 0.15) is 15.9 Å². The van der Waals surface area contributed by atoms with Crippen molar-refractivity contribution < 1.29 is 4.79 Å². The van der Waals surface area contributed by atoms with E-state index in [0.717, 1.165) is 31.6 Å². The summed E-state index contributed by atoms with van der Waals surface area (Å²) >= 11 is 5.11. The number of halogens is 1. The van der Waals surface area contributed by atoms with Gasteiger partial charge in [0.1, 0.15) is 0 Å². The van der Waals surface area contributed by atoms with Crippen LogP contribution in [0, 0.1) is 0 Å². The summed E-state index contributed by atoms with van der Waals surface area (Å²) in [5.41, 5.74) is 3.71. The molecule has 1 aliphatic carbocycles. The molecule has 0 fully saturated rings. The van der Waals surface area contributed by atoms with E-state index in [9.17, 15) is 4.79 Å². The van der Waals surface area contributed by atoms with Crippen LogP contribution < -0.4 is 0 Å². The number of thioether (sulfide) groups is 1. The van der Waals surface area contributed by atoms with E-state index >= 15 is 0 Å². The van der Waals surface area contributed by atoms with E-state index in [4.69, 9.17) is 0 Å². The zero-order chi connectivity index (χ0) is 12.0. The quantitative estimate of drug-likeness (QED) is 0.621. The highest BCUT2D eigenvalue weighted by Gasteiger charge is 2.26. The second kappa shape index (κ2) is 4.00. The lowest BCUT2D eigenvalue weighted by atomic mass is 10.1. The van der Waals surface area contributed by atoms with Gasteiger partial charge in [0.15, 0.2) is 5.78 Å². The van der Waals surface area contributed by atoms with Gasteiger partial charge in [-0.05, 0) is 47.7 Å². The summed E-state index contributed by atoms with van der Waals surface area (Å²) in [6, 6.07) is 11.9. The van der Waals surface area contributed by atoms with Crippen molar-refractivity contribution in [2.45, 2.75) is 4.90 Å². The normalized spacial score (nSPS) is 12.5. The molecule has 0 atom stereocenters. The highest BCUT2D eigenvalue weighted by molar-refractivity contribution is 9.10. The maximum absolute atomic E-state index is 12.2. The third-order valence-electron chi connectivity index (χ3n) is 2.99. The van der Waals surface area contributed by atoms with Gasteiger partial charge >= 0.3 is 0 Å². The van der Waals surface area contributed by atoms with E-state index in [1.54, 1.807) is 11.8 Å². The zero-order valence-corrected chi connectivity index (χ0v) is 11.6. The summed E-state index contributed by atoms with van der Waals surface area (Å²) in [6.07, 6.45) is 2.02. The fourth-order valence-corrected chi connectivity index (χ4v) is 2.96. The fraction of sp³-hybridized carbons (Fsp3) is 0.0714. The van der Waals surface area contributed by atoms with Crippen LogP contribution in [-0.2, 0) is 0 Å². The molecule has 2 aromatic rings. The van der Waals surface area contributed by atoms with Crippen LogP contribution in [0.3, 0.4) is 0 Å². The molecule has 0 saturated heterocycles. The molecule has 0 aliphatic heterocycles. The Labute approximate surface area is 112 Å². The number of hydrogen-bond donors (Lipinski definition) is 0. The summed E-state index contributed by atoms with van der Waals surface area (Å²) in [7, 11) is 0. The predicted molar refractivity (Wildman–Crippen MR) is 74.8 cm³/mol. The van der Waals surface area contributed by atoms with Gasteiger partial charge in [-0.15, -0.1) is 11.8 Å². The van der Waals surface area contributed by atoms with Crippen LogP contribution in [-0.4, -0.2) is 12.0 Å². The Morgan fingerprint density at radius 1 is 0.941 bits per heavy atom. The molecule has 3 heteroatoms. The lowest BCUT2D eigenvalue weighted by Crippen LogP contribution is -1.94. The number of benzene rings is 2. The highest BCUT2D eigenvalue weighted by atomic mass is 79.9. The zero-order valence-electron chi connectivity index (χ0n) is 9.16. The highest BCUT2D eigenvalue weighted by Crippen LogP contribution is 2.39. The molecule has 0 spiro atoms. The van der Waals surface area contributed by atoms with E-state index in [2.05, 4.69) is 22.0 Å². The van der Waals surface area contributed by atoms with Gasteiger partial charge in [0, 0.05) is 20.5 Å². The van der Waals surface area contributed by atoms with E-state index in [1.165, 1.54) is 0 Å². The van der Waals surface area contributed by atoms with Crippen molar-refractivity contribution in [1.82, 2.24) is 0 Å². The van der Waals surface area contributed by atoms with Crippen molar-refractivity contribution in [2.24, 2.45) is 0 Å². The van der Waals surface area contributed by atoms with Crippen LogP contribution in [0.2, 0.25) is 0 Å². The molecule has 0 aromatic heterocycles. The molecule has 84 valence electrons. The number of rotatable bonds is 1. The summed E-state index contributed by atoms with van der Waals surface area (Å²) in [5, 5.41) is 0. The molecule has 0 amide bonds. The van der Waals surface area contributed by atoms with Crippen LogP contribution in [0.25, 0.3) is 11.1 Å². The van der Waals surface area contributed by atoms with Crippen molar-refractivity contribution in [1.29, 1.82) is 0 Å². The topological polar surface area (TPSA) is 17.1 Å². The summed E-state index contributed by atoms with van der Waals surface area (Å²) < 4.78 is 1.01. The second-order valence-electron chi connectivity index (χ2n) is 3.93. The second-order valence-corrected chi connectivity index (χ2v) is 5.73. The van der Waals surface area contributed by atoms with E-state index in [1.807, 2.05) is 36.6 Å². The lowest BCUT2D eigenvalue weighted by Gasteiger charge is -2.01. The number of carbonyl (C=O) groups excluding carboxylic acids is 1. The lowest BCUT2D eigenvalue weighted by molar-refractivity contribution is 0.104. The SMILES string of the molecule is CSc1ccc2c(c1)C(=O)c1ccc(Br)cc1-2. The molecule has 17 heavy (non-hydrogen) atoms. The Bertz CT molecular complexity index is 634. The number of ketones is 1.